The molecule has 6 nitrogen and oxygen atoms in total. The molecular weight excluding hydrogens is 336 g/mol. The van der Waals surface area contributed by atoms with Crippen molar-refractivity contribution in [1.29, 1.82) is 0 Å². The molecule has 0 bridgehead atoms. The summed E-state index contributed by atoms with van der Waals surface area (Å²) in [5.41, 5.74) is 0.932. The summed E-state index contributed by atoms with van der Waals surface area (Å²) in [5, 5.41) is 4.64. The Morgan fingerprint density at radius 3 is 2.68 bits per heavy atom. The van der Waals surface area contributed by atoms with Crippen LogP contribution in [0.1, 0.15) is 18.6 Å². The standard InChI is InChI=1S/C18H18N4O2S/c1-2-17-20-18(12-25-14-5-7-19-8-6-14)22(21-17)13-3-4-15-16(11-13)24-10-9-23-15/h3-8,11H,2,9-10,12H2,1H3. The summed E-state index contributed by atoms with van der Waals surface area (Å²) in [4.78, 5) is 9.88. The topological polar surface area (TPSA) is 62.1 Å². The average Bonchev–Trinajstić information content (AvgIpc) is 3.10. The van der Waals surface area contributed by atoms with Crippen LogP contribution in [0.3, 0.4) is 0 Å². The van der Waals surface area contributed by atoms with E-state index in [-0.39, 0.29) is 0 Å². The van der Waals surface area contributed by atoms with Crippen LogP contribution in [0.5, 0.6) is 11.5 Å². The molecule has 7 heteroatoms. The maximum atomic E-state index is 5.69. The van der Waals surface area contributed by atoms with Gasteiger partial charge in [0.05, 0.1) is 11.4 Å². The van der Waals surface area contributed by atoms with Crippen molar-refractivity contribution in [1.82, 2.24) is 19.7 Å². The maximum absolute atomic E-state index is 5.69. The Kier molecular flexibility index (Phi) is 4.56. The predicted molar refractivity (Wildman–Crippen MR) is 95.5 cm³/mol. The Labute approximate surface area is 150 Å². The minimum absolute atomic E-state index is 0.568. The van der Waals surface area contributed by atoms with E-state index in [2.05, 4.69) is 22.0 Å². The van der Waals surface area contributed by atoms with Gasteiger partial charge in [-0.15, -0.1) is 11.8 Å². The molecule has 0 N–H and O–H groups in total. The molecule has 0 saturated heterocycles. The van der Waals surface area contributed by atoms with Crippen molar-refractivity contribution < 1.29 is 9.47 Å². The fourth-order valence-electron chi connectivity index (χ4n) is 2.59. The number of fused-ring (bicyclic) bond motifs is 1. The molecule has 1 aliphatic heterocycles. The highest BCUT2D eigenvalue weighted by Crippen LogP contribution is 2.32. The summed E-state index contributed by atoms with van der Waals surface area (Å²) in [7, 11) is 0. The highest BCUT2D eigenvalue weighted by Gasteiger charge is 2.16. The number of aryl methyl sites for hydroxylation is 1. The first-order valence-corrected chi connectivity index (χ1v) is 9.19. The van der Waals surface area contributed by atoms with Gasteiger partial charge in [-0.25, -0.2) is 9.67 Å². The third kappa shape index (κ3) is 3.46. The molecular formula is C18H18N4O2S. The number of benzene rings is 1. The van der Waals surface area contributed by atoms with Gasteiger partial charge < -0.3 is 9.47 Å². The molecule has 3 heterocycles. The molecule has 0 aliphatic carbocycles. The summed E-state index contributed by atoms with van der Waals surface area (Å²) < 4.78 is 13.2. The fourth-order valence-corrected chi connectivity index (χ4v) is 3.38. The second-order valence-electron chi connectivity index (χ2n) is 5.51. The van der Waals surface area contributed by atoms with E-state index < -0.39 is 0 Å². The van der Waals surface area contributed by atoms with E-state index in [0.29, 0.717) is 13.2 Å². The fraction of sp³-hybridized carbons (Fsp3) is 0.278. The zero-order valence-electron chi connectivity index (χ0n) is 13.9. The molecule has 0 unspecified atom stereocenters. The van der Waals surface area contributed by atoms with E-state index in [9.17, 15) is 0 Å². The van der Waals surface area contributed by atoms with Gasteiger partial charge in [-0.05, 0) is 24.3 Å². The van der Waals surface area contributed by atoms with Crippen molar-refractivity contribution in [2.45, 2.75) is 24.0 Å². The SMILES string of the molecule is CCc1nc(CSc2ccncc2)n(-c2ccc3c(c2)OCCO3)n1. The van der Waals surface area contributed by atoms with Crippen LogP contribution in [-0.4, -0.2) is 33.0 Å². The third-order valence-electron chi connectivity index (χ3n) is 3.82. The predicted octanol–water partition coefficient (Wildman–Crippen LogP) is 3.29. The highest BCUT2D eigenvalue weighted by molar-refractivity contribution is 7.98. The Morgan fingerprint density at radius 1 is 1.08 bits per heavy atom. The zero-order valence-corrected chi connectivity index (χ0v) is 14.7. The second-order valence-corrected chi connectivity index (χ2v) is 6.56. The smallest absolute Gasteiger partial charge is 0.163 e. The lowest BCUT2D eigenvalue weighted by molar-refractivity contribution is 0.171. The van der Waals surface area contributed by atoms with Crippen molar-refractivity contribution in [2.24, 2.45) is 0 Å². The summed E-state index contributed by atoms with van der Waals surface area (Å²) in [6.45, 7) is 3.21. The average molecular weight is 354 g/mol. The lowest BCUT2D eigenvalue weighted by atomic mass is 10.2. The minimum atomic E-state index is 0.568. The van der Waals surface area contributed by atoms with Crippen LogP contribution in [0, 0.1) is 0 Å². The van der Waals surface area contributed by atoms with E-state index in [1.54, 1.807) is 24.2 Å². The number of nitrogens with zero attached hydrogens (tertiary/aromatic N) is 4. The third-order valence-corrected chi connectivity index (χ3v) is 4.83. The maximum Gasteiger partial charge on any atom is 0.163 e. The number of hydrogen-bond donors (Lipinski definition) is 0. The molecule has 0 amide bonds. The highest BCUT2D eigenvalue weighted by atomic mass is 32.2. The lowest BCUT2D eigenvalue weighted by Gasteiger charge is -2.19. The van der Waals surface area contributed by atoms with Gasteiger partial charge >= 0.3 is 0 Å². The van der Waals surface area contributed by atoms with Gasteiger partial charge in [0.1, 0.15) is 19.0 Å². The minimum Gasteiger partial charge on any atom is -0.486 e. The molecule has 1 aliphatic rings. The van der Waals surface area contributed by atoms with E-state index in [1.165, 1.54) is 0 Å². The number of ether oxygens (including phenoxy) is 2. The molecule has 0 fully saturated rings. The van der Waals surface area contributed by atoms with E-state index in [4.69, 9.17) is 9.47 Å². The molecule has 25 heavy (non-hydrogen) atoms. The van der Waals surface area contributed by atoms with Gasteiger partial charge in [0.2, 0.25) is 0 Å². The molecule has 0 saturated carbocycles. The van der Waals surface area contributed by atoms with Crippen LogP contribution in [0.15, 0.2) is 47.6 Å². The molecule has 128 valence electrons. The monoisotopic (exact) mass is 354 g/mol. The van der Waals surface area contributed by atoms with Crippen molar-refractivity contribution in [3.8, 4) is 17.2 Å². The Hall–Kier alpha value is -2.54. The largest absolute Gasteiger partial charge is 0.486 e. The van der Waals surface area contributed by atoms with Gasteiger partial charge in [-0.3, -0.25) is 4.98 Å². The summed E-state index contributed by atoms with van der Waals surface area (Å²) in [6.07, 6.45) is 4.39. The summed E-state index contributed by atoms with van der Waals surface area (Å²) in [5.74, 6) is 4.00. The Balaban J connectivity index is 1.63. The van der Waals surface area contributed by atoms with Crippen LogP contribution in [0.4, 0.5) is 0 Å². The Morgan fingerprint density at radius 2 is 1.88 bits per heavy atom. The number of rotatable bonds is 5. The van der Waals surface area contributed by atoms with Crippen molar-refractivity contribution >= 4 is 11.8 Å². The zero-order chi connectivity index (χ0) is 17.1. The first-order chi connectivity index (χ1) is 12.3. The first-order valence-electron chi connectivity index (χ1n) is 8.21. The van der Waals surface area contributed by atoms with Crippen LogP contribution in [0.2, 0.25) is 0 Å². The number of aromatic nitrogens is 4. The van der Waals surface area contributed by atoms with E-state index in [0.717, 1.165) is 45.9 Å². The van der Waals surface area contributed by atoms with Gasteiger partial charge in [-0.2, -0.15) is 5.10 Å². The molecule has 0 radical (unpaired) electrons. The van der Waals surface area contributed by atoms with Crippen LogP contribution in [0.25, 0.3) is 5.69 Å². The van der Waals surface area contributed by atoms with Crippen LogP contribution in [-0.2, 0) is 12.2 Å². The summed E-state index contributed by atoms with van der Waals surface area (Å²) >= 11 is 1.72. The molecule has 3 aromatic rings. The van der Waals surface area contributed by atoms with Gasteiger partial charge in [0.15, 0.2) is 17.3 Å². The number of thioether (sulfide) groups is 1. The van der Waals surface area contributed by atoms with Crippen molar-refractivity contribution in [3.05, 3.63) is 54.4 Å². The van der Waals surface area contributed by atoms with Crippen LogP contribution < -0.4 is 9.47 Å². The summed E-state index contributed by atoms with van der Waals surface area (Å²) in [6, 6.07) is 9.87. The van der Waals surface area contributed by atoms with E-state index >= 15 is 0 Å². The molecule has 4 rings (SSSR count). The molecule has 0 spiro atoms. The number of pyridine rings is 1. The van der Waals surface area contributed by atoms with E-state index in [1.807, 2.05) is 35.0 Å². The van der Waals surface area contributed by atoms with Gasteiger partial charge in [0, 0.05) is 29.8 Å². The van der Waals surface area contributed by atoms with Crippen LogP contribution >= 0.6 is 11.8 Å². The normalized spacial score (nSPS) is 13.0. The first kappa shape index (κ1) is 16.0. The quantitative estimate of drug-likeness (QED) is 0.655. The van der Waals surface area contributed by atoms with Crippen molar-refractivity contribution in [3.63, 3.8) is 0 Å². The molecule has 0 atom stereocenters. The van der Waals surface area contributed by atoms with Crippen molar-refractivity contribution in [2.75, 3.05) is 13.2 Å². The number of hydrogen-bond acceptors (Lipinski definition) is 6. The van der Waals surface area contributed by atoms with Gasteiger partial charge in [-0.1, -0.05) is 6.92 Å². The molecule has 1 aromatic carbocycles. The Bertz CT molecular complexity index is 867. The lowest BCUT2D eigenvalue weighted by Crippen LogP contribution is -2.15. The van der Waals surface area contributed by atoms with Gasteiger partial charge in [0.25, 0.3) is 0 Å². The molecule has 2 aromatic heterocycles. The second kappa shape index (κ2) is 7.14.